The van der Waals surface area contributed by atoms with E-state index in [1.807, 2.05) is 0 Å². The quantitative estimate of drug-likeness (QED) is 0.558. The molecule has 0 atom stereocenters. The zero-order chi connectivity index (χ0) is 8.99. The Morgan fingerprint density at radius 3 is 1.08 bits per heavy atom. The average Bonchev–Trinajstić information content (AvgIpc) is 1.94. The highest BCUT2D eigenvalue weighted by Crippen LogP contribution is 1.93. The van der Waals surface area contributed by atoms with Crippen molar-refractivity contribution >= 4 is 0 Å². The molecule has 0 bridgehead atoms. The molecule has 1 heteroatoms. The van der Waals surface area contributed by atoms with Gasteiger partial charge in [0.1, 0.15) is 0 Å². The predicted molar refractivity (Wildman–Crippen MR) is 64.1 cm³/mol. The molecule has 0 heterocycles. The molecule has 0 aliphatic carbocycles. The summed E-state index contributed by atoms with van der Waals surface area (Å²) in [5.41, 5.74) is 0. The smallest absolute Gasteiger partial charge is 0.0474 e. The van der Waals surface area contributed by atoms with E-state index in [0.29, 0.717) is 0 Å². The maximum absolute atomic E-state index is 3.00. The van der Waals surface area contributed by atoms with E-state index in [0.717, 1.165) is 5.92 Å². The van der Waals surface area contributed by atoms with Gasteiger partial charge in [0.2, 0.25) is 0 Å². The summed E-state index contributed by atoms with van der Waals surface area (Å²) in [4.78, 5) is 0. The Labute approximate surface area is 80.9 Å². The Balaban J connectivity index is -0.0000000209. The summed E-state index contributed by atoms with van der Waals surface area (Å²) in [5.74, 6) is 0.884. The summed E-state index contributed by atoms with van der Waals surface area (Å²) in [6.45, 7) is 16.9. The van der Waals surface area contributed by atoms with Crippen molar-refractivity contribution in [1.29, 1.82) is 0 Å². The van der Waals surface area contributed by atoms with Crippen LogP contribution < -0.4 is 6.15 Å². The van der Waals surface area contributed by atoms with Crippen molar-refractivity contribution < 1.29 is 0 Å². The van der Waals surface area contributed by atoms with Crippen molar-refractivity contribution in [3.63, 3.8) is 0 Å². The molecule has 0 aliphatic rings. The first kappa shape index (κ1) is 29.8. The minimum atomic E-state index is 0. The lowest BCUT2D eigenvalue weighted by Crippen LogP contribution is -1.77. The molecule has 0 aromatic rings. The first-order valence-electron chi connectivity index (χ1n) is 4.18. The molecule has 3 N–H and O–H groups in total. The second kappa shape index (κ2) is 45.6. The third-order valence-corrected chi connectivity index (χ3v) is 0.816. The van der Waals surface area contributed by atoms with Crippen LogP contribution >= 0.6 is 0 Å². The SMILES string of the molecule is C.C=C.CCC.CCC(C)C.N. The molecule has 0 aromatic carbocycles. The highest BCUT2D eigenvalue weighted by molar-refractivity contribution is 4.32. The standard InChI is InChI=1S/C5H12.C3H8.C2H4.CH4.H3N/c1-4-5(2)3;1-3-2;1-2;;/h5H,4H2,1-3H3;3H2,1-2H3;1-2H2;1H4;1H3. The van der Waals surface area contributed by atoms with E-state index in [-0.39, 0.29) is 13.6 Å². The van der Waals surface area contributed by atoms with Crippen molar-refractivity contribution in [3.05, 3.63) is 13.2 Å². The monoisotopic (exact) mass is 177 g/mol. The number of hydrogen-bond acceptors (Lipinski definition) is 1. The van der Waals surface area contributed by atoms with E-state index in [9.17, 15) is 0 Å². The van der Waals surface area contributed by atoms with Crippen LogP contribution in [0.3, 0.4) is 0 Å². The summed E-state index contributed by atoms with van der Waals surface area (Å²) < 4.78 is 0. The lowest BCUT2D eigenvalue weighted by Gasteiger charge is -1.90. The van der Waals surface area contributed by atoms with Crippen LogP contribution in [0.25, 0.3) is 0 Å². The van der Waals surface area contributed by atoms with Crippen LogP contribution in [0.1, 0.15) is 54.9 Å². The van der Waals surface area contributed by atoms with Gasteiger partial charge in [0.25, 0.3) is 0 Å². The second-order valence-electron chi connectivity index (χ2n) is 2.51. The molecule has 0 saturated heterocycles. The van der Waals surface area contributed by atoms with Gasteiger partial charge in [-0.15, -0.1) is 13.2 Å². The maximum Gasteiger partial charge on any atom is -0.0474 e. The van der Waals surface area contributed by atoms with Gasteiger partial charge in [0.15, 0.2) is 0 Å². The fourth-order valence-electron chi connectivity index (χ4n) is 0. The summed E-state index contributed by atoms with van der Waals surface area (Å²) in [6.07, 6.45) is 2.56. The molecular weight excluding hydrogens is 146 g/mol. The van der Waals surface area contributed by atoms with E-state index in [2.05, 4.69) is 47.8 Å². The zero-order valence-corrected chi connectivity index (χ0v) is 9.11. The van der Waals surface area contributed by atoms with Crippen molar-refractivity contribution in [2.45, 2.75) is 54.9 Å². The molecule has 0 spiro atoms. The second-order valence-corrected chi connectivity index (χ2v) is 2.51. The Kier molecular flexibility index (Phi) is 113. The van der Waals surface area contributed by atoms with Gasteiger partial charge >= 0.3 is 0 Å². The molecule has 0 radical (unpaired) electrons. The molecule has 0 amide bonds. The normalized spacial score (nSPS) is 5.83. The van der Waals surface area contributed by atoms with Crippen LogP contribution in [0.2, 0.25) is 0 Å². The van der Waals surface area contributed by atoms with Gasteiger partial charge in [-0.05, 0) is 5.92 Å². The average molecular weight is 177 g/mol. The molecule has 0 aromatic heterocycles. The highest BCUT2D eigenvalue weighted by atomic mass is 14.0. The van der Waals surface area contributed by atoms with Crippen molar-refractivity contribution in [3.8, 4) is 0 Å². The molecule has 0 aliphatic heterocycles. The summed E-state index contributed by atoms with van der Waals surface area (Å²) in [5, 5.41) is 0. The molecule has 12 heavy (non-hydrogen) atoms. The lowest BCUT2D eigenvalue weighted by atomic mass is 10.2. The first-order valence-corrected chi connectivity index (χ1v) is 4.18. The fourth-order valence-corrected chi connectivity index (χ4v) is 0. The van der Waals surface area contributed by atoms with Gasteiger partial charge in [0.05, 0.1) is 0 Å². The van der Waals surface area contributed by atoms with Crippen LogP contribution in [0, 0.1) is 5.92 Å². The molecule has 0 unspecified atom stereocenters. The fraction of sp³-hybridized carbons (Fsp3) is 0.818. The predicted octanol–water partition coefficient (Wildman–Crippen LogP) is 5.07. The summed E-state index contributed by atoms with van der Waals surface area (Å²) in [7, 11) is 0. The summed E-state index contributed by atoms with van der Waals surface area (Å²) in [6, 6.07) is 0. The largest absolute Gasteiger partial charge is 0.344 e. The molecular formula is C11H31N. The number of hydrogen-bond donors (Lipinski definition) is 1. The van der Waals surface area contributed by atoms with Gasteiger partial charge in [-0.3, -0.25) is 0 Å². The number of rotatable bonds is 1. The van der Waals surface area contributed by atoms with Crippen molar-refractivity contribution in [2.24, 2.45) is 5.92 Å². The third-order valence-electron chi connectivity index (χ3n) is 0.816. The topological polar surface area (TPSA) is 35.0 Å². The Morgan fingerprint density at radius 1 is 1.00 bits per heavy atom. The van der Waals surface area contributed by atoms with E-state index in [1.54, 1.807) is 0 Å². The molecule has 80 valence electrons. The molecule has 0 fully saturated rings. The lowest BCUT2D eigenvalue weighted by molar-refractivity contribution is 0.626. The van der Waals surface area contributed by atoms with Gasteiger partial charge in [-0.1, -0.05) is 54.9 Å². The Bertz CT molecular complexity index is 34.0. The molecule has 1 nitrogen and oxygen atoms in total. The molecule has 0 rings (SSSR count). The molecule has 0 saturated carbocycles. The van der Waals surface area contributed by atoms with Crippen LogP contribution in [0.5, 0.6) is 0 Å². The van der Waals surface area contributed by atoms with Crippen LogP contribution in [-0.4, -0.2) is 0 Å². The Hall–Kier alpha value is -0.300. The zero-order valence-electron chi connectivity index (χ0n) is 9.11. The highest BCUT2D eigenvalue weighted by Gasteiger charge is 1.80. The van der Waals surface area contributed by atoms with Crippen molar-refractivity contribution in [2.75, 3.05) is 0 Å². The van der Waals surface area contributed by atoms with E-state index < -0.39 is 0 Å². The summed E-state index contributed by atoms with van der Waals surface area (Å²) >= 11 is 0. The van der Waals surface area contributed by atoms with Gasteiger partial charge in [0, 0.05) is 0 Å². The Morgan fingerprint density at radius 2 is 1.08 bits per heavy atom. The minimum Gasteiger partial charge on any atom is -0.344 e. The van der Waals surface area contributed by atoms with E-state index in [1.165, 1.54) is 12.8 Å². The maximum atomic E-state index is 3.00. The van der Waals surface area contributed by atoms with E-state index in [4.69, 9.17) is 0 Å². The van der Waals surface area contributed by atoms with Crippen molar-refractivity contribution in [1.82, 2.24) is 6.15 Å². The van der Waals surface area contributed by atoms with Crippen LogP contribution in [0.4, 0.5) is 0 Å². The van der Waals surface area contributed by atoms with Gasteiger partial charge < -0.3 is 6.15 Å². The van der Waals surface area contributed by atoms with E-state index >= 15 is 0 Å². The third kappa shape index (κ3) is 254. The minimum absolute atomic E-state index is 0. The van der Waals surface area contributed by atoms with Gasteiger partial charge in [-0.25, -0.2) is 0 Å². The van der Waals surface area contributed by atoms with Gasteiger partial charge in [-0.2, -0.15) is 0 Å². The van der Waals surface area contributed by atoms with Crippen LogP contribution in [-0.2, 0) is 0 Å². The first-order chi connectivity index (χ1) is 4.68. The van der Waals surface area contributed by atoms with Crippen LogP contribution in [0.15, 0.2) is 13.2 Å².